The summed E-state index contributed by atoms with van der Waals surface area (Å²) in [5.74, 6) is 0. The molecule has 0 saturated heterocycles. The largest absolute Gasteiger partial charge is 0.306 e. The van der Waals surface area contributed by atoms with Crippen LogP contribution < -0.4 is 5.32 Å². The van der Waals surface area contributed by atoms with Crippen LogP contribution in [0, 0.1) is 13.8 Å². The molecule has 1 nitrogen and oxygen atoms in total. The van der Waals surface area contributed by atoms with Crippen LogP contribution in [0.3, 0.4) is 0 Å². The maximum Gasteiger partial charge on any atom is 0.0630 e. The number of allylic oxidation sites excluding steroid dienone is 1. The third-order valence-electron chi connectivity index (χ3n) is 4.26. The van der Waals surface area contributed by atoms with Crippen LogP contribution in [0.25, 0.3) is 0 Å². The first kappa shape index (κ1) is 15.8. The van der Waals surface area contributed by atoms with Gasteiger partial charge in [0.2, 0.25) is 0 Å². The second-order valence-corrected chi connectivity index (χ2v) is 7.29. The van der Waals surface area contributed by atoms with Crippen LogP contribution in [0.15, 0.2) is 17.7 Å². The van der Waals surface area contributed by atoms with Crippen molar-refractivity contribution in [3.63, 3.8) is 0 Å². The van der Waals surface area contributed by atoms with Gasteiger partial charge in [0.1, 0.15) is 0 Å². The monoisotopic (exact) mass is 291 g/mol. The van der Waals surface area contributed by atoms with Gasteiger partial charge < -0.3 is 5.32 Å². The Morgan fingerprint density at radius 2 is 2.00 bits per heavy atom. The number of hydrogen-bond acceptors (Lipinski definition) is 2. The van der Waals surface area contributed by atoms with Crippen LogP contribution in [0.1, 0.15) is 73.2 Å². The molecule has 1 aliphatic rings. The van der Waals surface area contributed by atoms with Gasteiger partial charge in [-0.3, -0.25) is 0 Å². The van der Waals surface area contributed by atoms with Gasteiger partial charge in [-0.2, -0.15) is 0 Å². The Balaban J connectivity index is 2.20. The van der Waals surface area contributed by atoms with Gasteiger partial charge in [-0.15, -0.1) is 11.3 Å². The Labute approximate surface area is 128 Å². The highest BCUT2D eigenvalue weighted by Gasteiger charge is 2.19. The summed E-state index contributed by atoms with van der Waals surface area (Å²) in [7, 11) is 0. The minimum absolute atomic E-state index is 0.463. The fourth-order valence-corrected chi connectivity index (χ4v) is 4.09. The number of aryl methyl sites for hydroxylation is 2. The Bertz CT molecular complexity index is 425. The molecule has 1 atom stereocenters. The van der Waals surface area contributed by atoms with Gasteiger partial charge in [0.15, 0.2) is 0 Å². The van der Waals surface area contributed by atoms with E-state index in [0.717, 1.165) is 6.54 Å². The van der Waals surface area contributed by atoms with Gasteiger partial charge in [0.05, 0.1) is 6.04 Å². The molecule has 0 saturated carbocycles. The predicted molar refractivity (Wildman–Crippen MR) is 90.6 cm³/mol. The maximum absolute atomic E-state index is 3.79. The SMILES string of the molecule is CCCNC(C1=CCCCCCC1)c1cc(C)c(C)s1. The molecular weight excluding hydrogens is 262 g/mol. The second-order valence-electron chi connectivity index (χ2n) is 6.01. The molecule has 0 bridgehead atoms. The summed E-state index contributed by atoms with van der Waals surface area (Å²) in [6, 6.07) is 2.86. The van der Waals surface area contributed by atoms with Crippen molar-refractivity contribution >= 4 is 11.3 Å². The van der Waals surface area contributed by atoms with Crippen molar-refractivity contribution in [3.8, 4) is 0 Å². The van der Waals surface area contributed by atoms with Crippen LogP contribution in [0.4, 0.5) is 0 Å². The van der Waals surface area contributed by atoms with Crippen LogP contribution in [0.2, 0.25) is 0 Å². The molecule has 112 valence electrons. The second kappa shape index (κ2) is 7.99. The Hall–Kier alpha value is -0.600. The molecule has 0 amide bonds. The van der Waals surface area contributed by atoms with E-state index in [0.29, 0.717) is 6.04 Å². The Kier molecular flexibility index (Phi) is 6.31. The summed E-state index contributed by atoms with van der Waals surface area (Å²) in [6.45, 7) is 7.84. The first-order chi connectivity index (χ1) is 9.72. The van der Waals surface area contributed by atoms with E-state index in [2.05, 4.69) is 38.2 Å². The number of hydrogen-bond donors (Lipinski definition) is 1. The van der Waals surface area contributed by atoms with E-state index < -0.39 is 0 Å². The van der Waals surface area contributed by atoms with Gasteiger partial charge in [0, 0.05) is 9.75 Å². The first-order valence-electron chi connectivity index (χ1n) is 8.21. The van der Waals surface area contributed by atoms with Crippen molar-refractivity contribution in [1.29, 1.82) is 0 Å². The van der Waals surface area contributed by atoms with E-state index in [1.807, 2.05) is 11.3 Å². The zero-order valence-electron chi connectivity index (χ0n) is 13.3. The topological polar surface area (TPSA) is 12.0 Å². The summed E-state index contributed by atoms with van der Waals surface area (Å²) < 4.78 is 0. The zero-order valence-corrected chi connectivity index (χ0v) is 14.1. The molecule has 1 unspecified atom stereocenters. The molecular formula is C18H29NS. The minimum atomic E-state index is 0.463. The van der Waals surface area contributed by atoms with E-state index in [1.54, 1.807) is 5.57 Å². The lowest BCUT2D eigenvalue weighted by Crippen LogP contribution is -2.23. The average molecular weight is 292 g/mol. The molecule has 0 radical (unpaired) electrons. The molecule has 1 N–H and O–H groups in total. The molecule has 1 heterocycles. The summed E-state index contributed by atoms with van der Waals surface area (Å²) in [5, 5.41) is 3.79. The lowest BCUT2D eigenvalue weighted by atomic mass is 9.94. The third-order valence-corrected chi connectivity index (χ3v) is 5.48. The van der Waals surface area contributed by atoms with Crippen molar-refractivity contribution in [1.82, 2.24) is 5.32 Å². The highest BCUT2D eigenvalue weighted by atomic mass is 32.1. The van der Waals surface area contributed by atoms with E-state index in [-0.39, 0.29) is 0 Å². The molecule has 0 fully saturated rings. The summed E-state index contributed by atoms with van der Waals surface area (Å²) in [5.41, 5.74) is 3.08. The molecule has 0 aromatic carbocycles. The smallest absolute Gasteiger partial charge is 0.0630 e. The lowest BCUT2D eigenvalue weighted by Gasteiger charge is -2.22. The van der Waals surface area contributed by atoms with Crippen LogP contribution >= 0.6 is 11.3 Å². The first-order valence-corrected chi connectivity index (χ1v) is 9.03. The predicted octanol–water partition coefficient (Wildman–Crippen LogP) is 5.69. The van der Waals surface area contributed by atoms with E-state index >= 15 is 0 Å². The van der Waals surface area contributed by atoms with Crippen molar-refractivity contribution in [2.75, 3.05) is 6.54 Å². The van der Waals surface area contributed by atoms with Gasteiger partial charge in [0.25, 0.3) is 0 Å². The normalized spacial score (nSPS) is 18.2. The molecule has 2 heteroatoms. The summed E-state index contributed by atoms with van der Waals surface area (Å²) >= 11 is 1.98. The van der Waals surface area contributed by atoms with E-state index in [1.165, 1.54) is 60.3 Å². The minimum Gasteiger partial charge on any atom is -0.306 e. The Morgan fingerprint density at radius 3 is 2.70 bits per heavy atom. The number of thiophene rings is 1. The van der Waals surface area contributed by atoms with E-state index in [9.17, 15) is 0 Å². The standard InChI is InChI=1S/C18H29NS/c1-4-12-19-18(17-13-14(2)15(3)20-17)16-10-8-6-5-7-9-11-16/h10,13,18-19H,4-9,11-12H2,1-3H3. The molecule has 0 spiro atoms. The van der Waals surface area contributed by atoms with Crippen LogP contribution in [-0.4, -0.2) is 6.54 Å². The van der Waals surface area contributed by atoms with Crippen molar-refractivity contribution in [2.45, 2.75) is 71.8 Å². The van der Waals surface area contributed by atoms with Crippen LogP contribution in [0.5, 0.6) is 0 Å². The highest BCUT2D eigenvalue weighted by molar-refractivity contribution is 7.12. The maximum atomic E-state index is 3.79. The van der Waals surface area contributed by atoms with Gasteiger partial charge in [-0.25, -0.2) is 0 Å². The van der Waals surface area contributed by atoms with Crippen molar-refractivity contribution in [3.05, 3.63) is 33.0 Å². The molecule has 2 rings (SSSR count). The number of nitrogens with one attached hydrogen (secondary N) is 1. The van der Waals surface area contributed by atoms with Gasteiger partial charge in [-0.1, -0.05) is 31.4 Å². The van der Waals surface area contributed by atoms with Crippen molar-refractivity contribution in [2.24, 2.45) is 0 Å². The summed E-state index contributed by atoms with van der Waals surface area (Å²) in [4.78, 5) is 2.98. The molecule has 0 aliphatic heterocycles. The number of rotatable bonds is 5. The Morgan fingerprint density at radius 1 is 1.20 bits per heavy atom. The lowest BCUT2D eigenvalue weighted by molar-refractivity contribution is 0.545. The summed E-state index contributed by atoms with van der Waals surface area (Å²) in [6.07, 6.45) is 11.8. The quantitative estimate of drug-likeness (QED) is 0.687. The molecule has 20 heavy (non-hydrogen) atoms. The van der Waals surface area contributed by atoms with Crippen molar-refractivity contribution < 1.29 is 0 Å². The van der Waals surface area contributed by atoms with Gasteiger partial charge in [-0.05, 0) is 64.1 Å². The highest BCUT2D eigenvalue weighted by Crippen LogP contribution is 2.34. The third kappa shape index (κ3) is 4.20. The molecule has 1 aromatic heterocycles. The average Bonchev–Trinajstić information content (AvgIpc) is 2.71. The zero-order chi connectivity index (χ0) is 14.4. The van der Waals surface area contributed by atoms with E-state index in [4.69, 9.17) is 0 Å². The van der Waals surface area contributed by atoms with Gasteiger partial charge >= 0.3 is 0 Å². The molecule has 1 aliphatic carbocycles. The fraction of sp³-hybridized carbons (Fsp3) is 0.667. The molecule has 1 aromatic rings. The fourth-order valence-electron chi connectivity index (χ4n) is 2.93. The van der Waals surface area contributed by atoms with Crippen LogP contribution in [-0.2, 0) is 0 Å².